The van der Waals surface area contributed by atoms with Crippen LogP contribution in [0.2, 0.25) is 0 Å². The number of hydrogen-bond acceptors (Lipinski definition) is 6. The maximum atomic E-state index is 12.7. The van der Waals surface area contributed by atoms with Crippen molar-refractivity contribution in [2.45, 2.75) is 6.54 Å². The van der Waals surface area contributed by atoms with E-state index in [2.05, 4.69) is 15.3 Å². The van der Waals surface area contributed by atoms with Crippen LogP contribution in [0.25, 0.3) is 21.5 Å². The van der Waals surface area contributed by atoms with Crippen LogP contribution in [0.1, 0.15) is 15.2 Å². The maximum absolute atomic E-state index is 12.7. The summed E-state index contributed by atoms with van der Waals surface area (Å²) in [5.74, 6) is 0.507. The number of pyridine rings is 2. The third-order valence-electron chi connectivity index (χ3n) is 4.41. The number of carbonyl (C=O) groups is 1. The standard InChI is InChI=1S/C21H18N4O2S/c1-27-17-5-3-2-4-14(17)12-24-20(26)19-18(22)15-6-7-16(25-21(15)28-19)13-8-10-23-11-9-13/h2-11H,12,22H2,1H3,(H,24,26). The number of ether oxygens (including phenoxy) is 1. The second kappa shape index (κ2) is 7.66. The number of nitrogens with zero attached hydrogens (tertiary/aromatic N) is 2. The molecule has 4 rings (SSSR count). The highest BCUT2D eigenvalue weighted by molar-refractivity contribution is 7.21. The quantitative estimate of drug-likeness (QED) is 0.540. The number of nitrogens with two attached hydrogens (primary N) is 1. The second-order valence-corrected chi connectivity index (χ2v) is 7.12. The van der Waals surface area contributed by atoms with Gasteiger partial charge in [0, 0.05) is 35.5 Å². The molecule has 1 aromatic carbocycles. The van der Waals surface area contributed by atoms with Crippen molar-refractivity contribution in [2.75, 3.05) is 12.8 Å². The Balaban J connectivity index is 1.59. The number of benzene rings is 1. The van der Waals surface area contributed by atoms with Gasteiger partial charge in [-0.15, -0.1) is 11.3 Å². The summed E-state index contributed by atoms with van der Waals surface area (Å²) in [5.41, 5.74) is 9.36. The molecule has 0 aliphatic rings. The molecule has 0 aliphatic carbocycles. The Kier molecular flexibility index (Phi) is 4.90. The molecule has 0 saturated heterocycles. The Morgan fingerprint density at radius 3 is 2.71 bits per heavy atom. The molecule has 7 heteroatoms. The van der Waals surface area contributed by atoms with Gasteiger partial charge in [0.05, 0.1) is 18.5 Å². The van der Waals surface area contributed by atoms with E-state index in [0.717, 1.165) is 32.8 Å². The molecule has 0 bridgehead atoms. The van der Waals surface area contributed by atoms with E-state index >= 15 is 0 Å². The van der Waals surface area contributed by atoms with E-state index in [1.54, 1.807) is 19.5 Å². The molecule has 28 heavy (non-hydrogen) atoms. The van der Waals surface area contributed by atoms with Gasteiger partial charge < -0.3 is 15.8 Å². The fourth-order valence-corrected chi connectivity index (χ4v) is 3.96. The molecule has 4 aromatic rings. The van der Waals surface area contributed by atoms with E-state index in [0.29, 0.717) is 17.1 Å². The van der Waals surface area contributed by atoms with Crippen molar-refractivity contribution in [3.05, 3.63) is 71.4 Å². The van der Waals surface area contributed by atoms with Gasteiger partial charge in [-0.25, -0.2) is 4.98 Å². The average molecular weight is 390 g/mol. The van der Waals surface area contributed by atoms with Gasteiger partial charge in [-0.05, 0) is 30.3 Å². The van der Waals surface area contributed by atoms with Crippen molar-refractivity contribution in [2.24, 2.45) is 0 Å². The number of rotatable bonds is 5. The lowest BCUT2D eigenvalue weighted by atomic mass is 10.1. The van der Waals surface area contributed by atoms with Gasteiger partial charge in [-0.2, -0.15) is 0 Å². The summed E-state index contributed by atoms with van der Waals surface area (Å²) >= 11 is 1.29. The smallest absolute Gasteiger partial charge is 0.263 e. The summed E-state index contributed by atoms with van der Waals surface area (Å²) in [5, 5.41) is 3.70. The summed E-state index contributed by atoms with van der Waals surface area (Å²) in [7, 11) is 1.61. The van der Waals surface area contributed by atoms with Crippen molar-refractivity contribution >= 4 is 33.1 Å². The van der Waals surface area contributed by atoms with Crippen molar-refractivity contribution in [3.8, 4) is 17.0 Å². The first kappa shape index (κ1) is 17.9. The number of amides is 1. The molecule has 1 amide bonds. The van der Waals surface area contributed by atoms with E-state index in [1.165, 1.54) is 11.3 Å². The van der Waals surface area contributed by atoms with Gasteiger partial charge in [-0.3, -0.25) is 9.78 Å². The molecule has 0 fully saturated rings. The number of nitrogen functional groups attached to an aromatic ring is 1. The Hall–Kier alpha value is -3.45. The summed E-state index contributed by atoms with van der Waals surface area (Å²) in [6, 6.07) is 15.2. The number of methoxy groups -OCH3 is 1. The number of anilines is 1. The van der Waals surface area contributed by atoms with Gasteiger partial charge in [-0.1, -0.05) is 18.2 Å². The molecular formula is C21H18N4O2S. The Morgan fingerprint density at radius 2 is 1.93 bits per heavy atom. The van der Waals surface area contributed by atoms with Crippen molar-refractivity contribution in [1.29, 1.82) is 0 Å². The van der Waals surface area contributed by atoms with Crippen molar-refractivity contribution < 1.29 is 9.53 Å². The summed E-state index contributed by atoms with van der Waals surface area (Å²) < 4.78 is 5.32. The predicted molar refractivity (Wildman–Crippen MR) is 111 cm³/mol. The second-order valence-electron chi connectivity index (χ2n) is 6.12. The average Bonchev–Trinajstić information content (AvgIpc) is 3.09. The molecule has 3 aromatic heterocycles. The summed E-state index contributed by atoms with van der Waals surface area (Å²) in [6.45, 7) is 0.353. The van der Waals surface area contributed by atoms with Gasteiger partial charge in [0.25, 0.3) is 5.91 Å². The third-order valence-corrected chi connectivity index (χ3v) is 5.52. The van der Waals surface area contributed by atoms with Crippen LogP contribution in [-0.2, 0) is 6.54 Å². The Bertz CT molecular complexity index is 1140. The first-order valence-corrected chi connectivity index (χ1v) is 9.48. The first-order valence-electron chi connectivity index (χ1n) is 8.67. The predicted octanol–water partition coefficient (Wildman–Crippen LogP) is 3.88. The van der Waals surface area contributed by atoms with E-state index in [-0.39, 0.29) is 5.91 Å². The minimum atomic E-state index is -0.225. The number of carbonyl (C=O) groups excluding carboxylic acids is 1. The molecule has 0 radical (unpaired) electrons. The summed E-state index contributed by atoms with van der Waals surface area (Å²) in [4.78, 5) is 22.6. The van der Waals surface area contributed by atoms with Crippen molar-refractivity contribution in [3.63, 3.8) is 0 Å². The number of nitrogens with one attached hydrogen (secondary N) is 1. The summed E-state index contributed by atoms with van der Waals surface area (Å²) in [6.07, 6.45) is 3.45. The molecule has 0 spiro atoms. The van der Waals surface area contributed by atoms with Crippen molar-refractivity contribution in [1.82, 2.24) is 15.3 Å². The normalized spacial score (nSPS) is 10.8. The molecule has 0 aliphatic heterocycles. The lowest BCUT2D eigenvalue weighted by Gasteiger charge is -2.09. The lowest BCUT2D eigenvalue weighted by molar-refractivity contribution is 0.0955. The van der Waals surface area contributed by atoms with E-state index in [9.17, 15) is 4.79 Å². The monoisotopic (exact) mass is 390 g/mol. The molecule has 0 saturated carbocycles. The van der Waals surface area contributed by atoms with Crippen LogP contribution >= 0.6 is 11.3 Å². The molecule has 3 N–H and O–H groups in total. The zero-order valence-electron chi connectivity index (χ0n) is 15.2. The first-order chi connectivity index (χ1) is 13.7. The molecule has 3 heterocycles. The maximum Gasteiger partial charge on any atom is 0.263 e. The zero-order valence-corrected chi connectivity index (χ0v) is 16.0. The molecule has 0 atom stereocenters. The SMILES string of the molecule is COc1ccccc1CNC(=O)c1sc2nc(-c3ccncc3)ccc2c1N. The van der Waals surface area contributed by atoms with E-state index in [4.69, 9.17) is 10.5 Å². The highest BCUT2D eigenvalue weighted by Gasteiger charge is 2.18. The molecular weight excluding hydrogens is 372 g/mol. The fourth-order valence-electron chi connectivity index (χ4n) is 2.95. The lowest BCUT2D eigenvalue weighted by Crippen LogP contribution is -2.22. The number of fused-ring (bicyclic) bond motifs is 1. The van der Waals surface area contributed by atoms with Gasteiger partial charge >= 0.3 is 0 Å². The van der Waals surface area contributed by atoms with Crippen LogP contribution in [0.5, 0.6) is 5.75 Å². The number of hydrogen-bond donors (Lipinski definition) is 2. The molecule has 140 valence electrons. The van der Waals surface area contributed by atoms with Crippen LogP contribution in [0.4, 0.5) is 5.69 Å². The number of aromatic nitrogens is 2. The van der Waals surface area contributed by atoms with Crippen LogP contribution in [0.15, 0.2) is 60.9 Å². The minimum Gasteiger partial charge on any atom is -0.496 e. The molecule has 6 nitrogen and oxygen atoms in total. The topological polar surface area (TPSA) is 90.1 Å². The number of thiophene rings is 1. The molecule has 0 unspecified atom stereocenters. The van der Waals surface area contributed by atoms with Crippen LogP contribution in [0, 0.1) is 0 Å². The van der Waals surface area contributed by atoms with Gasteiger partial charge in [0.15, 0.2) is 0 Å². The highest BCUT2D eigenvalue weighted by Crippen LogP contribution is 2.34. The fraction of sp³-hybridized carbons (Fsp3) is 0.0952. The van der Waals surface area contributed by atoms with Crippen LogP contribution in [-0.4, -0.2) is 23.0 Å². The van der Waals surface area contributed by atoms with Crippen LogP contribution < -0.4 is 15.8 Å². The number of para-hydroxylation sites is 1. The Labute approximate surface area is 166 Å². The minimum absolute atomic E-state index is 0.225. The third kappa shape index (κ3) is 3.39. The van der Waals surface area contributed by atoms with E-state index < -0.39 is 0 Å². The highest BCUT2D eigenvalue weighted by atomic mass is 32.1. The van der Waals surface area contributed by atoms with Crippen LogP contribution in [0.3, 0.4) is 0 Å². The van der Waals surface area contributed by atoms with Gasteiger partial charge in [0.1, 0.15) is 15.5 Å². The van der Waals surface area contributed by atoms with Gasteiger partial charge in [0.2, 0.25) is 0 Å². The van der Waals surface area contributed by atoms with E-state index in [1.807, 2.05) is 48.5 Å². The largest absolute Gasteiger partial charge is 0.496 e. The zero-order chi connectivity index (χ0) is 19.5. The Morgan fingerprint density at radius 1 is 1.14 bits per heavy atom.